The summed E-state index contributed by atoms with van der Waals surface area (Å²) in [7, 11) is 0. The van der Waals surface area contributed by atoms with Crippen LogP contribution in [-0.4, -0.2) is 19.6 Å². The van der Waals surface area contributed by atoms with Gasteiger partial charge in [0.1, 0.15) is 0 Å². The number of benzene rings is 1. The van der Waals surface area contributed by atoms with Gasteiger partial charge in [-0.1, -0.05) is 31.5 Å². The van der Waals surface area contributed by atoms with Crippen LogP contribution in [-0.2, 0) is 0 Å². The molecule has 112 valence electrons. The van der Waals surface area contributed by atoms with E-state index in [1.165, 1.54) is 24.1 Å². The van der Waals surface area contributed by atoms with Gasteiger partial charge >= 0.3 is 0 Å². The SMILES string of the molecule is CCCNC(C)c1ccc(N2CCC(C)CC2)cc1Cl. The minimum atomic E-state index is 0.317. The highest BCUT2D eigenvalue weighted by Crippen LogP contribution is 2.30. The molecule has 20 heavy (non-hydrogen) atoms. The van der Waals surface area contributed by atoms with Crippen LogP contribution in [0, 0.1) is 5.92 Å². The van der Waals surface area contributed by atoms with Gasteiger partial charge in [-0.15, -0.1) is 0 Å². The summed E-state index contributed by atoms with van der Waals surface area (Å²) in [5.41, 5.74) is 2.47. The van der Waals surface area contributed by atoms with Crippen molar-refractivity contribution in [3.8, 4) is 0 Å². The first-order valence-corrected chi connectivity index (χ1v) is 8.27. The molecule has 3 heteroatoms. The number of hydrogen-bond acceptors (Lipinski definition) is 2. The molecular weight excluding hydrogens is 268 g/mol. The Morgan fingerprint density at radius 3 is 2.65 bits per heavy atom. The van der Waals surface area contributed by atoms with Gasteiger partial charge in [0.15, 0.2) is 0 Å². The zero-order valence-corrected chi connectivity index (χ0v) is 13.7. The third-order valence-electron chi connectivity index (χ3n) is 4.30. The van der Waals surface area contributed by atoms with Crippen LogP contribution in [0.15, 0.2) is 18.2 Å². The predicted molar refractivity (Wildman–Crippen MR) is 88.8 cm³/mol. The molecule has 1 unspecified atom stereocenters. The molecule has 1 aliphatic heterocycles. The molecule has 1 atom stereocenters. The minimum absolute atomic E-state index is 0.317. The molecule has 1 aliphatic rings. The second kappa shape index (κ2) is 7.33. The molecule has 1 aromatic rings. The quantitative estimate of drug-likeness (QED) is 0.851. The minimum Gasteiger partial charge on any atom is -0.371 e. The summed E-state index contributed by atoms with van der Waals surface area (Å²) in [6.07, 6.45) is 3.72. The molecule has 0 radical (unpaired) electrons. The van der Waals surface area contributed by atoms with Crippen molar-refractivity contribution in [3.63, 3.8) is 0 Å². The molecule has 2 rings (SSSR count). The third-order valence-corrected chi connectivity index (χ3v) is 4.63. The fourth-order valence-electron chi connectivity index (χ4n) is 2.80. The van der Waals surface area contributed by atoms with Crippen LogP contribution in [0.4, 0.5) is 5.69 Å². The van der Waals surface area contributed by atoms with Crippen LogP contribution in [0.3, 0.4) is 0 Å². The van der Waals surface area contributed by atoms with Gasteiger partial charge in [-0.3, -0.25) is 0 Å². The van der Waals surface area contributed by atoms with Crippen molar-refractivity contribution in [1.29, 1.82) is 0 Å². The second-order valence-corrected chi connectivity index (χ2v) is 6.46. The molecule has 0 aliphatic carbocycles. The lowest BCUT2D eigenvalue weighted by Crippen LogP contribution is -2.32. The summed E-state index contributed by atoms with van der Waals surface area (Å²) in [4.78, 5) is 2.46. The molecule has 0 aromatic heterocycles. The first-order valence-electron chi connectivity index (χ1n) is 7.89. The Balaban J connectivity index is 2.05. The number of nitrogens with zero attached hydrogens (tertiary/aromatic N) is 1. The average molecular weight is 295 g/mol. The summed E-state index contributed by atoms with van der Waals surface area (Å²) in [5.74, 6) is 0.860. The molecule has 1 saturated heterocycles. The van der Waals surface area contributed by atoms with Gasteiger partial charge in [-0.2, -0.15) is 0 Å². The smallest absolute Gasteiger partial charge is 0.0474 e. The highest BCUT2D eigenvalue weighted by Gasteiger charge is 2.17. The molecule has 1 fully saturated rings. The lowest BCUT2D eigenvalue weighted by Gasteiger charge is -2.32. The number of rotatable bonds is 5. The van der Waals surface area contributed by atoms with Gasteiger partial charge in [0, 0.05) is 29.8 Å². The number of nitrogens with one attached hydrogen (secondary N) is 1. The Morgan fingerprint density at radius 2 is 2.05 bits per heavy atom. The first-order chi connectivity index (χ1) is 9.61. The van der Waals surface area contributed by atoms with Gasteiger partial charge in [0.25, 0.3) is 0 Å². The molecule has 1 N–H and O–H groups in total. The van der Waals surface area contributed by atoms with Crippen LogP contribution in [0.5, 0.6) is 0 Å². The summed E-state index contributed by atoms with van der Waals surface area (Å²) in [5, 5.41) is 4.38. The fourth-order valence-corrected chi connectivity index (χ4v) is 3.14. The monoisotopic (exact) mass is 294 g/mol. The highest BCUT2D eigenvalue weighted by atomic mass is 35.5. The van der Waals surface area contributed by atoms with Crippen LogP contribution >= 0.6 is 11.6 Å². The second-order valence-electron chi connectivity index (χ2n) is 6.05. The maximum Gasteiger partial charge on any atom is 0.0474 e. The maximum absolute atomic E-state index is 6.48. The largest absolute Gasteiger partial charge is 0.371 e. The van der Waals surface area contributed by atoms with Gasteiger partial charge < -0.3 is 10.2 Å². The third kappa shape index (κ3) is 3.89. The van der Waals surface area contributed by atoms with Crippen molar-refractivity contribution >= 4 is 17.3 Å². The van der Waals surface area contributed by atoms with Crippen LogP contribution in [0.25, 0.3) is 0 Å². The van der Waals surface area contributed by atoms with E-state index in [0.29, 0.717) is 6.04 Å². The van der Waals surface area contributed by atoms with E-state index in [9.17, 15) is 0 Å². The molecule has 0 bridgehead atoms. The normalized spacial score (nSPS) is 18.3. The number of halogens is 1. The zero-order chi connectivity index (χ0) is 14.5. The summed E-state index contributed by atoms with van der Waals surface area (Å²) in [6, 6.07) is 6.86. The van der Waals surface area contributed by atoms with E-state index in [0.717, 1.165) is 37.0 Å². The Bertz CT molecular complexity index is 425. The lowest BCUT2D eigenvalue weighted by atomic mass is 9.98. The average Bonchev–Trinajstić information content (AvgIpc) is 2.45. The van der Waals surface area contributed by atoms with Gasteiger partial charge in [-0.25, -0.2) is 0 Å². The van der Waals surface area contributed by atoms with Gasteiger partial charge in [-0.05, 0) is 56.3 Å². The lowest BCUT2D eigenvalue weighted by molar-refractivity contribution is 0.438. The van der Waals surface area contributed by atoms with Gasteiger partial charge in [0.2, 0.25) is 0 Å². The maximum atomic E-state index is 6.48. The summed E-state index contributed by atoms with van der Waals surface area (Å²) < 4.78 is 0. The Morgan fingerprint density at radius 1 is 1.35 bits per heavy atom. The predicted octanol–water partition coefficient (Wildman–Crippen LogP) is 4.64. The number of hydrogen-bond donors (Lipinski definition) is 1. The van der Waals surface area contributed by atoms with Crippen LogP contribution < -0.4 is 10.2 Å². The Hall–Kier alpha value is -0.730. The van der Waals surface area contributed by atoms with Crippen LogP contribution in [0.1, 0.15) is 51.6 Å². The van der Waals surface area contributed by atoms with Crippen molar-refractivity contribution in [2.75, 3.05) is 24.5 Å². The van der Waals surface area contributed by atoms with Crippen molar-refractivity contribution < 1.29 is 0 Å². The molecule has 0 spiro atoms. The van der Waals surface area contributed by atoms with E-state index < -0.39 is 0 Å². The van der Waals surface area contributed by atoms with Crippen molar-refractivity contribution in [1.82, 2.24) is 5.32 Å². The van der Waals surface area contributed by atoms with Crippen molar-refractivity contribution in [2.45, 2.75) is 46.1 Å². The van der Waals surface area contributed by atoms with Crippen molar-refractivity contribution in [2.24, 2.45) is 5.92 Å². The van der Waals surface area contributed by atoms with E-state index >= 15 is 0 Å². The Labute approximate surface area is 128 Å². The van der Waals surface area contributed by atoms with E-state index in [-0.39, 0.29) is 0 Å². The Kier molecular flexibility index (Phi) is 5.74. The number of piperidine rings is 1. The molecule has 0 amide bonds. The van der Waals surface area contributed by atoms with E-state index in [4.69, 9.17) is 11.6 Å². The molecule has 0 saturated carbocycles. The molecule has 2 nitrogen and oxygen atoms in total. The highest BCUT2D eigenvalue weighted by molar-refractivity contribution is 6.31. The zero-order valence-electron chi connectivity index (χ0n) is 13.0. The molecule has 1 aromatic carbocycles. The van der Waals surface area contributed by atoms with Crippen LogP contribution in [0.2, 0.25) is 5.02 Å². The summed E-state index contributed by atoms with van der Waals surface area (Å²) in [6.45, 7) is 10.0. The summed E-state index contributed by atoms with van der Waals surface area (Å²) >= 11 is 6.48. The first kappa shape index (κ1) is 15.7. The fraction of sp³-hybridized carbons (Fsp3) is 0.647. The molecule has 1 heterocycles. The standard InChI is InChI=1S/C17H27ClN2/c1-4-9-19-14(3)16-6-5-15(12-17(16)18)20-10-7-13(2)8-11-20/h5-6,12-14,19H,4,7-11H2,1-3H3. The van der Waals surface area contributed by atoms with E-state index in [2.05, 4.69) is 49.2 Å². The van der Waals surface area contributed by atoms with E-state index in [1.54, 1.807) is 0 Å². The van der Waals surface area contributed by atoms with Crippen molar-refractivity contribution in [3.05, 3.63) is 28.8 Å². The molecular formula is C17H27ClN2. The number of anilines is 1. The van der Waals surface area contributed by atoms with Gasteiger partial charge in [0.05, 0.1) is 0 Å². The van der Waals surface area contributed by atoms with E-state index in [1.807, 2.05) is 0 Å². The topological polar surface area (TPSA) is 15.3 Å².